The van der Waals surface area contributed by atoms with Gasteiger partial charge in [-0.3, -0.25) is 9.59 Å². The number of fused-ring (bicyclic) bond motifs is 1. The number of nitrogens with one attached hydrogen (secondary N) is 1. The Kier molecular flexibility index (Phi) is 5.40. The fourth-order valence-electron chi connectivity index (χ4n) is 4.11. The lowest BCUT2D eigenvalue weighted by Crippen LogP contribution is -2.31. The van der Waals surface area contributed by atoms with Crippen molar-refractivity contribution < 1.29 is 9.59 Å². The molecule has 0 aromatic heterocycles. The van der Waals surface area contributed by atoms with Gasteiger partial charge >= 0.3 is 0 Å². The van der Waals surface area contributed by atoms with E-state index in [9.17, 15) is 9.59 Å². The zero-order valence-electron chi connectivity index (χ0n) is 17.6. The van der Waals surface area contributed by atoms with Crippen LogP contribution in [0, 0.1) is 0 Å². The number of nitrogens with zero attached hydrogens (tertiary/aromatic N) is 1. The smallest absolute Gasteiger partial charge is 0.251 e. The second kappa shape index (κ2) is 8.15. The van der Waals surface area contributed by atoms with Crippen molar-refractivity contribution in [3.05, 3.63) is 100 Å². The molecule has 4 nitrogen and oxygen atoms in total. The molecular formula is C26H26N2O2. The number of allylic oxidation sites excluding steroid dienone is 3. The Morgan fingerprint density at radius 3 is 2.63 bits per heavy atom. The van der Waals surface area contributed by atoms with Crippen molar-refractivity contribution in [2.75, 3.05) is 0 Å². The lowest BCUT2D eigenvalue weighted by atomic mass is 9.92. The second-order valence-electron chi connectivity index (χ2n) is 7.84. The van der Waals surface area contributed by atoms with Crippen molar-refractivity contribution in [2.45, 2.75) is 39.8 Å². The van der Waals surface area contributed by atoms with E-state index >= 15 is 0 Å². The van der Waals surface area contributed by atoms with Crippen LogP contribution in [0.4, 0.5) is 0 Å². The maximum atomic E-state index is 11.9. The molecule has 2 aliphatic heterocycles. The van der Waals surface area contributed by atoms with Gasteiger partial charge in [0.15, 0.2) is 5.78 Å². The van der Waals surface area contributed by atoms with Gasteiger partial charge in [0.2, 0.25) is 0 Å². The quantitative estimate of drug-likeness (QED) is 0.730. The molecule has 1 atom stereocenters. The highest BCUT2D eigenvalue weighted by molar-refractivity contribution is 5.98. The largest absolute Gasteiger partial charge is 0.348 e. The number of rotatable bonds is 5. The molecule has 0 saturated heterocycles. The molecular weight excluding hydrogens is 372 g/mol. The average molecular weight is 399 g/mol. The first-order chi connectivity index (χ1) is 14.5. The van der Waals surface area contributed by atoms with Crippen LogP contribution < -0.4 is 5.32 Å². The van der Waals surface area contributed by atoms with Crippen LogP contribution in [0.2, 0.25) is 0 Å². The Hall–Kier alpha value is -3.40. The van der Waals surface area contributed by atoms with Gasteiger partial charge in [-0.15, -0.1) is 0 Å². The van der Waals surface area contributed by atoms with Gasteiger partial charge in [0.1, 0.15) is 0 Å². The van der Waals surface area contributed by atoms with E-state index in [0.29, 0.717) is 6.54 Å². The van der Waals surface area contributed by atoms with Gasteiger partial charge in [0.05, 0.1) is 6.04 Å². The van der Waals surface area contributed by atoms with E-state index < -0.39 is 0 Å². The predicted octanol–water partition coefficient (Wildman–Crippen LogP) is 4.88. The minimum Gasteiger partial charge on any atom is -0.348 e. The molecule has 0 radical (unpaired) electrons. The Morgan fingerprint density at radius 1 is 1.17 bits per heavy atom. The third-order valence-electron chi connectivity index (χ3n) is 5.85. The summed E-state index contributed by atoms with van der Waals surface area (Å²) in [5.74, 6) is 0.0932. The van der Waals surface area contributed by atoms with E-state index in [-0.39, 0.29) is 17.7 Å². The standard InChI is InChI=1S/C26H26N2O2/c1-4-13-28-17(2)21(14-19-5-7-20(8-6-19)18(3)29)10-12-25(28)22-9-11-24-23(15-22)16-27-26(24)30/h4-13,15,17H,14,16H2,1-3H3,(H,27,30)/b13-4-. The third kappa shape index (κ3) is 3.73. The second-order valence-corrected chi connectivity index (χ2v) is 7.84. The number of amides is 1. The molecule has 4 rings (SSSR count). The number of hydrogen-bond acceptors (Lipinski definition) is 3. The van der Waals surface area contributed by atoms with Crippen molar-refractivity contribution in [3.8, 4) is 0 Å². The van der Waals surface area contributed by atoms with Gasteiger partial charge in [0.25, 0.3) is 5.91 Å². The Labute approximate surface area is 177 Å². The normalized spacial score (nSPS) is 18.2. The van der Waals surface area contributed by atoms with Crippen LogP contribution in [0.5, 0.6) is 0 Å². The summed E-state index contributed by atoms with van der Waals surface area (Å²) in [6.45, 7) is 6.41. The highest BCUT2D eigenvalue weighted by Gasteiger charge is 2.25. The number of hydrogen-bond donors (Lipinski definition) is 1. The summed E-state index contributed by atoms with van der Waals surface area (Å²) in [4.78, 5) is 25.7. The average Bonchev–Trinajstić information content (AvgIpc) is 3.11. The third-order valence-corrected chi connectivity index (χ3v) is 5.85. The van der Waals surface area contributed by atoms with E-state index in [1.54, 1.807) is 6.92 Å². The van der Waals surface area contributed by atoms with Gasteiger partial charge in [-0.25, -0.2) is 0 Å². The zero-order valence-corrected chi connectivity index (χ0v) is 17.6. The number of carbonyl (C=O) groups excluding carboxylic acids is 2. The molecule has 2 aromatic carbocycles. The number of ketones is 1. The summed E-state index contributed by atoms with van der Waals surface area (Å²) >= 11 is 0. The number of Topliss-reactive ketones (excluding diaryl/α,β-unsaturated/α-hetero) is 1. The van der Waals surface area contributed by atoms with E-state index in [4.69, 9.17) is 0 Å². The molecule has 1 amide bonds. The summed E-state index contributed by atoms with van der Waals surface area (Å²) in [7, 11) is 0. The summed E-state index contributed by atoms with van der Waals surface area (Å²) in [6, 6.07) is 14.1. The highest BCUT2D eigenvalue weighted by Crippen LogP contribution is 2.32. The number of carbonyl (C=O) groups is 2. The molecule has 2 aromatic rings. The molecule has 0 bridgehead atoms. The fourth-order valence-corrected chi connectivity index (χ4v) is 4.11. The van der Waals surface area contributed by atoms with Crippen LogP contribution in [0.3, 0.4) is 0 Å². The van der Waals surface area contributed by atoms with Crippen LogP contribution in [0.1, 0.15) is 58.2 Å². The van der Waals surface area contributed by atoms with Crippen LogP contribution >= 0.6 is 0 Å². The van der Waals surface area contributed by atoms with E-state index in [1.165, 1.54) is 11.1 Å². The molecule has 0 spiro atoms. The maximum Gasteiger partial charge on any atom is 0.251 e. The van der Waals surface area contributed by atoms with Gasteiger partial charge in [-0.1, -0.05) is 42.5 Å². The van der Waals surface area contributed by atoms with Gasteiger partial charge in [-0.05, 0) is 67.7 Å². The first kappa shape index (κ1) is 19.9. The summed E-state index contributed by atoms with van der Waals surface area (Å²) in [6.07, 6.45) is 9.35. The number of benzene rings is 2. The lowest BCUT2D eigenvalue weighted by molar-refractivity contribution is 0.0964. The van der Waals surface area contributed by atoms with Crippen molar-refractivity contribution in [1.29, 1.82) is 0 Å². The van der Waals surface area contributed by atoms with E-state index in [2.05, 4.69) is 41.6 Å². The molecule has 1 N–H and O–H groups in total. The van der Waals surface area contributed by atoms with Crippen LogP contribution in [-0.2, 0) is 13.0 Å². The Morgan fingerprint density at radius 2 is 1.93 bits per heavy atom. The van der Waals surface area contributed by atoms with E-state index in [0.717, 1.165) is 34.4 Å². The van der Waals surface area contributed by atoms with Crippen LogP contribution in [-0.4, -0.2) is 22.6 Å². The minimum absolute atomic E-state index is 0.00539. The predicted molar refractivity (Wildman–Crippen MR) is 120 cm³/mol. The molecule has 4 heteroatoms. The molecule has 152 valence electrons. The SMILES string of the molecule is C/C=C\N1C(c2ccc3c(c2)CNC3=O)=CC=C(Cc2ccc(C(C)=O)cc2)C1C. The van der Waals surface area contributed by atoms with Crippen molar-refractivity contribution in [3.63, 3.8) is 0 Å². The Balaban J connectivity index is 1.64. The van der Waals surface area contributed by atoms with Crippen LogP contribution in [0.15, 0.2) is 72.5 Å². The molecule has 0 aliphatic carbocycles. The topological polar surface area (TPSA) is 49.4 Å². The van der Waals surface area contributed by atoms with E-state index in [1.807, 2.05) is 49.4 Å². The van der Waals surface area contributed by atoms with Gasteiger partial charge in [0, 0.05) is 29.6 Å². The summed E-state index contributed by atoms with van der Waals surface area (Å²) in [5, 5.41) is 2.89. The first-order valence-electron chi connectivity index (χ1n) is 10.3. The fraction of sp³-hybridized carbons (Fsp3) is 0.231. The summed E-state index contributed by atoms with van der Waals surface area (Å²) in [5.41, 5.74) is 7.29. The molecule has 30 heavy (non-hydrogen) atoms. The lowest BCUT2D eigenvalue weighted by Gasteiger charge is -2.35. The minimum atomic E-state index is 0.00539. The maximum absolute atomic E-state index is 11.9. The molecule has 2 aliphatic rings. The van der Waals surface area contributed by atoms with Crippen molar-refractivity contribution in [1.82, 2.24) is 10.2 Å². The zero-order chi connectivity index (χ0) is 21.3. The Bertz CT molecular complexity index is 1090. The van der Waals surface area contributed by atoms with Crippen LogP contribution in [0.25, 0.3) is 5.70 Å². The summed E-state index contributed by atoms with van der Waals surface area (Å²) < 4.78 is 0. The highest BCUT2D eigenvalue weighted by atomic mass is 16.2. The van der Waals surface area contributed by atoms with Crippen molar-refractivity contribution >= 4 is 17.4 Å². The van der Waals surface area contributed by atoms with Gasteiger partial charge in [-0.2, -0.15) is 0 Å². The molecule has 2 heterocycles. The molecule has 0 saturated carbocycles. The van der Waals surface area contributed by atoms with Gasteiger partial charge < -0.3 is 10.2 Å². The van der Waals surface area contributed by atoms with Crippen molar-refractivity contribution in [2.24, 2.45) is 0 Å². The molecule has 1 unspecified atom stereocenters. The molecule has 0 fully saturated rings. The first-order valence-corrected chi connectivity index (χ1v) is 10.3. The monoisotopic (exact) mass is 398 g/mol.